The standard InChI is InChI=1S/C6H11N3O/c1-9-4-2-7-6(9)8-3-5-10/h2,4,10H,3,5H2,1H3,(H,7,8). The number of aliphatic hydroxyl groups is 1. The van der Waals surface area contributed by atoms with Crippen LogP contribution in [0.25, 0.3) is 0 Å². The Morgan fingerprint density at radius 3 is 3.10 bits per heavy atom. The molecule has 0 saturated carbocycles. The zero-order chi connectivity index (χ0) is 7.40. The van der Waals surface area contributed by atoms with E-state index in [0.29, 0.717) is 6.54 Å². The first kappa shape index (κ1) is 7.08. The molecule has 0 aliphatic rings. The van der Waals surface area contributed by atoms with Crippen molar-refractivity contribution in [1.29, 1.82) is 0 Å². The molecular weight excluding hydrogens is 130 g/mol. The minimum Gasteiger partial charge on any atom is -0.395 e. The Balaban J connectivity index is 2.49. The first-order chi connectivity index (χ1) is 4.84. The van der Waals surface area contributed by atoms with Gasteiger partial charge in [0.05, 0.1) is 6.61 Å². The zero-order valence-corrected chi connectivity index (χ0v) is 5.91. The van der Waals surface area contributed by atoms with E-state index in [2.05, 4.69) is 10.3 Å². The summed E-state index contributed by atoms with van der Waals surface area (Å²) in [6.45, 7) is 0.678. The van der Waals surface area contributed by atoms with E-state index in [4.69, 9.17) is 5.11 Å². The van der Waals surface area contributed by atoms with Gasteiger partial charge in [0, 0.05) is 26.0 Å². The molecule has 0 aliphatic carbocycles. The fraction of sp³-hybridized carbons (Fsp3) is 0.500. The summed E-state index contributed by atoms with van der Waals surface area (Å²) < 4.78 is 1.86. The van der Waals surface area contributed by atoms with Gasteiger partial charge in [0.2, 0.25) is 5.95 Å². The van der Waals surface area contributed by atoms with E-state index < -0.39 is 0 Å². The van der Waals surface area contributed by atoms with Gasteiger partial charge in [0.25, 0.3) is 0 Å². The molecule has 1 heterocycles. The fourth-order valence-corrected chi connectivity index (χ4v) is 0.704. The Labute approximate surface area is 59.5 Å². The summed E-state index contributed by atoms with van der Waals surface area (Å²) in [5, 5.41) is 11.4. The molecule has 2 N–H and O–H groups in total. The number of aromatic nitrogens is 2. The number of hydrogen-bond donors (Lipinski definition) is 2. The lowest BCUT2D eigenvalue weighted by Crippen LogP contribution is -2.09. The quantitative estimate of drug-likeness (QED) is 0.614. The third-order valence-corrected chi connectivity index (χ3v) is 1.22. The van der Waals surface area contributed by atoms with Crippen LogP contribution in [-0.2, 0) is 7.05 Å². The van der Waals surface area contributed by atoms with E-state index in [1.165, 1.54) is 0 Å². The monoisotopic (exact) mass is 141 g/mol. The van der Waals surface area contributed by atoms with Crippen LogP contribution < -0.4 is 5.32 Å². The van der Waals surface area contributed by atoms with Crippen LogP contribution in [-0.4, -0.2) is 27.8 Å². The van der Waals surface area contributed by atoms with Gasteiger partial charge in [-0.1, -0.05) is 0 Å². The van der Waals surface area contributed by atoms with Crippen molar-refractivity contribution < 1.29 is 5.11 Å². The summed E-state index contributed by atoms with van der Waals surface area (Å²) in [4.78, 5) is 3.99. The Morgan fingerprint density at radius 2 is 2.60 bits per heavy atom. The predicted octanol–water partition coefficient (Wildman–Crippen LogP) is -0.176. The Morgan fingerprint density at radius 1 is 1.80 bits per heavy atom. The van der Waals surface area contributed by atoms with Gasteiger partial charge in [-0.05, 0) is 0 Å². The van der Waals surface area contributed by atoms with Crippen LogP contribution in [0.4, 0.5) is 5.95 Å². The lowest BCUT2D eigenvalue weighted by atomic mass is 10.7. The minimum absolute atomic E-state index is 0.132. The molecule has 4 heteroatoms. The van der Waals surface area contributed by atoms with Gasteiger partial charge >= 0.3 is 0 Å². The lowest BCUT2D eigenvalue weighted by molar-refractivity contribution is 0.310. The second kappa shape index (κ2) is 3.22. The summed E-state index contributed by atoms with van der Waals surface area (Å²) in [6.07, 6.45) is 3.55. The van der Waals surface area contributed by atoms with Crippen molar-refractivity contribution in [1.82, 2.24) is 9.55 Å². The number of rotatable bonds is 3. The van der Waals surface area contributed by atoms with Crippen LogP contribution in [0.3, 0.4) is 0 Å². The SMILES string of the molecule is Cn1ccnc1NCCO. The van der Waals surface area contributed by atoms with E-state index in [0.717, 1.165) is 5.95 Å². The summed E-state index contributed by atoms with van der Waals surface area (Å²) in [7, 11) is 1.90. The number of aliphatic hydroxyl groups excluding tert-OH is 1. The molecule has 1 rings (SSSR count). The molecule has 4 nitrogen and oxygen atoms in total. The third kappa shape index (κ3) is 1.48. The number of nitrogens with zero attached hydrogens (tertiary/aromatic N) is 2. The molecule has 1 aromatic heterocycles. The molecule has 0 unspecified atom stereocenters. The van der Waals surface area contributed by atoms with Crippen molar-refractivity contribution >= 4 is 5.95 Å². The maximum absolute atomic E-state index is 8.46. The van der Waals surface area contributed by atoms with Crippen molar-refractivity contribution in [3.05, 3.63) is 12.4 Å². The molecular formula is C6H11N3O. The number of nitrogens with one attached hydrogen (secondary N) is 1. The topological polar surface area (TPSA) is 50.1 Å². The third-order valence-electron chi connectivity index (χ3n) is 1.22. The van der Waals surface area contributed by atoms with Crippen molar-refractivity contribution in [3.63, 3.8) is 0 Å². The Hall–Kier alpha value is -1.03. The van der Waals surface area contributed by atoms with Crippen LogP contribution >= 0.6 is 0 Å². The van der Waals surface area contributed by atoms with Gasteiger partial charge in [-0.25, -0.2) is 4.98 Å². The molecule has 1 aromatic rings. The smallest absolute Gasteiger partial charge is 0.202 e. The molecule has 0 bridgehead atoms. The second-order valence-corrected chi connectivity index (χ2v) is 2.01. The average Bonchev–Trinajstić information content (AvgIpc) is 2.31. The number of anilines is 1. The summed E-state index contributed by atoms with van der Waals surface area (Å²) in [6, 6.07) is 0. The second-order valence-electron chi connectivity index (χ2n) is 2.01. The molecule has 0 atom stereocenters. The maximum atomic E-state index is 8.46. The maximum Gasteiger partial charge on any atom is 0.202 e. The van der Waals surface area contributed by atoms with E-state index in [9.17, 15) is 0 Å². The van der Waals surface area contributed by atoms with Gasteiger partial charge in [0.1, 0.15) is 0 Å². The van der Waals surface area contributed by atoms with Crippen molar-refractivity contribution in [2.24, 2.45) is 7.05 Å². The largest absolute Gasteiger partial charge is 0.395 e. The fourth-order valence-electron chi connectivity index (χ4n) is 0.704. The number of imidazole rings is 1. The molecule has 0 aliphatic heterocycles. The molecule has 0 amide bonds. The molecule has 56 valence electrons. The normalized spacial score (nSPS) is 9.80. The molecule has 0 fully saturated rings. The first-order valence-corrected chi connectivity index (χ1v) is 3.16. The first-order valence-electron chi connectivity index (χ1n) is 3.16. The van der Waals surface area contributed by atoms with E-state index >= 15 is 0 Å². The lowest BCUT2D eigenvalue weighted by Gasteiger charge is -2.01. The van der Waals surface area contributed by atoms with Crippen LogP contribution in [0, 0.1) is 0 Å². The van der Waals surface area contributed by atoms with Crippen molar-refractivity contribution in [2.75, 3.05) is 18.5 Å². The molecule has 0 aromatic carbocycles. The van der Waals surface area contributed by atoms with Gasteiger partial charge < -0.3 is 15.0 Å². The highest BCUT2D eigenvalue weighted by Crippen LogP contribution is 1.98. The van der Waals surface area contributed by atoms with E-state index in [1.807, 2.05) is 17.8 Å². The number of hydrogen-bond acceptors (Lipinski definition) is 3. The molecule has 0 radical (unpaired) electrons. The van der Waals surface area contributed by atoms with Crippen LogP contribution in [0.15, 0.2) is 12.4 Å². The minimum atomic E-state index is 0.132. The van der Waals surface area contributed by atoms with Gasteiger partial charge in [-0.2, -0.15) is 0 Å². The summed E-state index contributed by atoms with van der Waals surface area (Å²) in [5.41, 5.74) is 0. The molecule has 0 saturated heterocycles. The average molecular weight is 141 g/mol. The molecule has 10 heavy (non-hydrogen) atoms. The van der Waals surface area contributed by atoms with Gasteiger partial charge in [0.15, 0.2) is 0 Å². The number of aryl methyl sites for hydroxylation is 1. The zero-order valence-electron chi connectivity index (χ0n) is 5.91. The Kier molecular flexibility index (Phi) is 2.28. The van der Waals surface area contributed by atoms with Crippen LogP contribution in [0.5, 0.6) is 0 Å². The van der Waals surface area contributed by atoms with Crippen molar-refractivity contribution in [3.8, 4) is 0 Å². The van der Waals surface area contributed by atoms with Gasteiger partial charge in [-0.15, -0.1) is 0 Å². The van der Waals surface area contributed by atoms with Crippen LogP contribution in [0.1, 0.15) is 0 Å². The molecule has 0 spiro atoms. The van der Waals surface area contributed by atoms with E-state index in [-0.39, 0.29) is 6.61 Å². The Bertz CT molecular complexity index is 197. The highest BCUT2D eigenvalue weighted by Gasteiger charge is 1.93. The summed E-state index contributed by atoms with van der Waals surface area (Å²) in [5.74, 6) is 0.786. The van der Waals surface area contributed by atoms with Crippen LogP contribution in [0.2, 0.25) is 0 Å². The van der Waals surface area contributed by atoms with E-state index in [1.54, 1.807) is 6.20 Å². The van der Waals surface area contributed by atoms with Gasteiger partial charge in [-0.3, -0.25) is 0 Å². The highest BCUT2D eigenvalue weighted by molar-refractivity contribution is 5.24. The highest BCUT2D eigenvalue weighted by atomic mass is 16.3. The predicted molar refractivity (Wildman–Crippen MR) is 38.8 cm³/mol. The summed E-state index contributed by atoms with van der Waals surface area (Å²) >= 11 is 0. The van der Waals surface area contributed by atoms with Crippen molar-refractivity contribution in [2.45, 2.75) is 0 Å².